The lowest BCUT2D eigenvalue weighted by atomic mass is 9.98. The quantitative estimate of drug-likeness (QED) is 0.446. The predicted molar refractivity (Wildman–Crippen MR) is 104 cm³/mol. The molecule has 1 heterocycles. The van der Waals surface area contributed by atoms with Gasteiger partial charge in [-0.2, -0.15) is 0 Å². The zero-order valence-electron chi connectivity index (χ0n) is 15.0. The second-order valence-corrected chi connectivity index (χ2v) is 7.62. The molecule has 3 aromatic rings. The summed E-state index contributed by atoms with van der Waals surface area (Å²) in [6, 6.07) is 18.4. The fraction of sp³-hybridized carbons (Fsp3) is 0.182. The Bertz CT molecular complexity index is 921. The van der Waals surface area contributed by atoms with Gasteiger partial charge in [0.2, 0.25) is 5.78 Å². The fourth-order valence-electron chi connectivity index (χ4n) is 2.59. The number of hydrogen-bond donors (Lipinski definition) is 0. The highest BCUT2D eigenvalue weighted by Gasteiger charge is 2.27. The molecule has 0 saturated carbocycles. The van der Waals surface area contributed by atoms with E-state index in [0.29, 0.717) is 16.0 Å². The topological polar surface area (TPSA) is 43.4 Å². The van der Waals surface area contributed by atoms with Crippen molar-refractivity contribution in [3.8, 4) is 0 Å². The van der Waals surface area contributed by atoms with E-state index < -0.39 is 12.1 Å². The van der Waals surface area contributed by atoms with Crippen molar-refractivity contribution in [3.05, 3.63) is 92.7 Å². The predicted octanol–water partition coefficient (Wildman–Crippen LogP) is 5.45. The molecule has 132 valence electrons. The van der Waals surface area contributed by atoms with Gasteiger partial charge in [-0.15, -0.1) is 11.3 Å². The molecule has 0 saturated heterocycles. The number of Topliss-reactive ketones (excluding diaryl/α,β-unsaturated/α-hetero) is 1. The van der Waals surface area contributed by atoms with Crippen molar-refractivity contribution < 1.29 is 14.3 Å². The van der Waals surface area contributed by atoms with E-state index in [1.54, 1.807) is 18.2 Å². The third kappa shape index (κ3) is 4.09. The summed E-state index contributed by atoms with van der Waals surface area (Å²) in [6.45, 7) is 5.86. The van der Waals surface area contributed by atoms with E-state index in [9.17, 15) is 9.59 Å². The van der Waals surface area contributed by atoms with Crippen LogP contribution in [-0.4, -0.2) is 11.8 Å². The summed E-state index contributed by atoms with van der Waals surface area (Å²) in [5.41, 5.74) is 3.34. The van der Waals surface area contributed by atoms with Gasteiger partial charge in [-0.05, 0) is 32.9 Å². The van der Waals surface area contributed by atoms with E-state index in [-0.39, 0.29) is 5.78 Å². The van der Waals surface area contributed by atoms with E-state index >= 15 is 0 Å². The summed E-state index contributed by atoms with van der Waals surface area (Å²) in [7, 11) is 0. The van der Waals surface area contributed by atoms with Crippen molar-refractivity contribution in [2.75, 3.05) is 0 Å². The van der Waals surface area contributed by atoms with Crippen molar-refractivity contribution in [1.82, 2.24) is 0 Å². The first-order valence-corrected chi connectivity index (χ1v) is 9.20. The third-order valence-corrected chi connectivity index (χ3v) is 5.10. The highest BCUT2D eigenvalue weighted by Crippen LogP contribution is 2.26. The molecule has 2 aromatic carbocycles. The van der Waals surface area contributed by atoms with Gasteiger partial charge in [-0.25, -0.2) is 4.79 Å². The molecule has 0 aliphatic carbocycles. The number of hydrogen-bond acceptors (Lipinski definition) is 4. The van der Waals surface area contributed by atoms with Crippen molar-refractivity contribution in [2.24, 2.45) is 0 Å². The minimum atomic E-state index is -0.965. The van der Waals surface area contributed by atoms with Crippen molar-refractivity contribution >= 4 is 23.1 Å². The molecular weight excluding hydrogens is 344 g/mol. The zero-order valence-corrected chi connectivity index (χ0v) is 15.8. The van der Waals surface area contributed by atoms with Crippen LogP contribution in [-0.2, 0) is 4.74 Å². The monoisotopic (exact) mass is 364 g/mol. The Labute approximate surface area is 157 Å². The van der Waals surface area contributed by atoms with Crippen LogP contribution in [0.5, 0.6) is 0 Å². The average molecular weight is 364 g/mol. The molecule has 0 amide bonds. The van der Waals surface area contributed by atoms with Crippen LogP contribution in [0.4, 0.5) is 0 Å². The van der Waals surface area contributed by atoms with E-state index in [2.05, 4.69) is 0 Å². The van der Waals surface area contributed by atoms with Gasteiger partial charge in [0, 0.05) is 16.0 Å². The number of carbonyl (C=O) groups excluding carboxylic acids is 2. The van der Waals surface area contributed by atoms with Gasteiger partial charge in [0.05, 0.1) is 0 Å². The molecule has 1 atom stereocenters. The van der Waals surface area contributed by atoms with Crippen LogP contribution >= 0.6 is 11.3 Å². The van der Waals surface area contributed by atoms with Gasteiger partial charge in [0.15, 0.2) is 6.10 Å². The van der Waals surface area contributed by atoms with Gasteiger partial charge in [-0.1, -0.05) is 59.7 Å². The molecule has 0 aliphatic heterocycles. The Hall–Kier alpha value is -2.72. The maximum atomic E-state index is 13.0. The Balaban J connectivity index is 1.93. The minimum absolute atomic E-state index is 0.226. The molecule has 0 spiro atoms. The van der Waals surface area contributed by atoms with Gasteiger partial charge < -0.3 is 4.74 Å². The second-order valence-electron chi connectivity index (χ2n) is 6.34. The maximum Gasteiger partial charge on any atom is 0.349 e. The summed E-state index contributed by atoms with van der Waals surface area (Å²) in [4.78, 5) is 27.1. The summed E-state index contributed by atoms with van der Waals surface area (Å²) in [6.07, 6.45) is -0.965. The number of carbonyl (C=O) groups is 2. The molecule has 0 unspecified atom stereocenters. The smallest absolute Gasteiger partial charge is 0.349 e. The summed E-state index contributed by atoms with van der Waals surface area (Å²) >= 11 is 1.36. The highest BCUT2D eigenvalue weighted by atomic mass is 32.1. The van der Waals surface area contributed by atoms with Crippen LogP contribution < -0.4 is 0 Å². The Morgan fingerprint density at radius 1 is 0.808 bits per heavy atom. The molecule has 0 N–H and O–H groups in total. The maximum absolute atomic E-state index is 13.0. The first kappa shape index (κ1) is 18.1. The normalized spacial score (nSPS) is 11.8. The highest BCUT2D eigenvalue weighted by molar-refractivity contribution is 7.13. The lowest BCUT2D eigenvalue weighted by Gasteiger charge is -2.17. The average Bonchev–Trinajstić information content (AvgIpc) is 3.07. The third-order valence-electron chi connectivity index (χ3n) is 4.12. The number of ether oxygens (including phenoxy) is 1. The van der Waals surface area contributed by atoms with Crippen LogP contribution in [0, 0.1) is 20.8 Å². The SMILES string of the molecule is Cc1ccc(C(=O)[C@H](OC(=O)c2ccc(C)s2)c2ccc(C)cc2)cc1. The molecule has 0 fully saturated rings. The number of thiophene rings is 1. The molecule has 3 nitrogen and oxygen atoms in total. The lowest BCUT2D eigenvalue weighted by Crippen LogP contribution is -2.20. The van der Waals surface area contributed by atoms with E-state index in [1.165, 1.54) is 11.3 Å². The molecule has 1 aromatic heterocycles. The van der Waals surface area contributed by atoms with Gasteiger partial charge in [0.25, 0.3) is 0 Å². The first-order chi connectivity index (χ1) is 12.4. The number of rotatable bonds is 5. The standard InChI is InChI=1S/C22H20O3S/c1-14-4-9-17(10-5-14)20(23)21(18-11-6-15(2)7-12-18)25-22(24)19-13-8-16(3)26-19/h4-13,21H,1-3H3/t21-/m1/s1. The van der Waals surface area contributed by atoms with Gasteiger partial charge in [0.1, 0.15) is 4.88 Å². The van der Waals surface area contributed by atoms with Gasteiger partial charge >= 0.3 is 5.97 Å². The van der Waals surface area contributed by atoms with E-state index in [1.807, 2.05) is 63.2 Å². The van der Waals surface area contributed by atoms with Crippen LogP contribution in [0.1, 0.15) is 47.7 Å². The Morgan fingerprint density at radius 2 is 1.38 bits per heavy atom. The molecule has 0 aliphatic rings. The van der Waals surface area contributed by atoms with E-state index in [0.717, 1.165) is 16.0 Å². The van der Waals surface area contributed by atoms with Crippen LogP contribution in [0.25, 0.3) is 0 Å². The number of ketones is 1. The summed E-state index contributed by atoms with van der Waals surface area (Å²) in [5.74, 6) is -0.704. The summed E-state index contributed by atoms with van der Waals surface area (Å²) < 4.78 is 5.64. The van der Waals surface area contributed by atoms with Crippen LogP contribution in [0.3, 0.4) is 0 Å². The zero-order chi connectivity index (χ0) is 18.7. The summed E-state index contributed by atoms with van der Waals surface area (Å²) in [5, 5.41) is 0. The molecule has 3 rings (SSSR count). The number of benzene rings is 2. The number of esters is 1. The molecule has 26 heavy (non-hydrogen) atoms. The van der Waals surface area contributed by atoms with Crippen molar-refractivity contribution in [1.29, 1.82) is 0 Å². The van der Waals surface area contributed by atoms with Gasteiger partial charge in [-0.3, -0.25) is 4.79 Å². The largest absolute Gasteiger partial charge is 0.445 e. The van der Waals surface area contributed by atoms with Crippen molar-refractivity contribution in [2.45, 2.75) is 26.9 Å². The molecule has 0 radical (unpaired) electrons. The van der Waals surface area contributed by atoms with Crippen LogP contribution in [0.2, 0.25) is 0 Å². The fourth-order valence-corrected chi connectivity index (χ4v) is 3.34. The number of aryl methyl sites for hydroxylation is 3. The lowest BCUT2D eigenvalue weighted by molar-refractivity contribution is 0.0285. The minimum Gasteiger partial charge on any atom is -0.445 e. The first-order valence-electron chi connectivity index (χ1n) is 8.39. The molecular formula is C22H20O3S. The van der Waals surface area contributed by atoms with E-state index in [4.69, 9.17) is 4.74 Å². The van der Waals surface area contributed by atoms with Crippen LogP contribution in [0.15, 0.2) is 60.7 Å². The molecule has 0 bridgehead atoms. The second kappa shape index (κ2) is 7.67. The Kier molecular flexibility index (Phi) is 5.33. The Morgan fingerprint density at radius 3 is 1.92 bits per heavy atom. The van der Waals surface area contributed by atoms with Crippen molar-refractivity contribution in [3.63, 3.8) is 0 Å². The molecule has 4 heteroatoms.